The van der Waals surface area contributed by atoms with E-state index in [1.165, 1.54) is 75.5 Å². The van der Waals surface area contributed by atoms with Crippen LogP contribution >= 0.6 is 11.3 Å². The van der Waals surface area contributed by atoms with Crippen LogP contribution < -0.4 is 9.80 Å². The smallest absolute Gasteiger partial charge is 0.0820 e. The van der Waals surface area contributed by atoms with E-state index < -0.39 is 5.41 Å². The zero-order valence-corrected chi connectivity index (χ0v) is 34.6. The van der Waals surface area contributed by atoms with E-state index >= 15 is 0 Å². The zero-order chi connectivity index (χ0) is 40.8. The molecule has 3 heteroatoms. The van der Waals surface area contributed by atoms with Gasteiger partial charge in [0.15, 0.2) is 0 Å². The van der Waals surface area contributed by atoms with Gasteiger partial charge in [-0.2, -0.15) is 0 Å². The molecule has 290 valence electrons. The number of thiophene rings is 1. The van der Waals surface area contributed by atoms with Gasteiger partial charge in [-0.25, -0.2) is 0 Å². The first-order valence-corrected chi connectivity index (χ1v) is 22.1. The van der Waals surface area contributed by atoms with Crippen molar-refractivity contribution in [2.75, 3.05) is 9.80 Å². The molecule has 62 heavy (non-hydrogen) atoms. The molecule has 1 heterocycles. The molecule has 0 fully saturated rings. The Bertz CT molecular complexity index is 3550. The third kappa shape index (κ3) is 5.09. The third-order valence-electron chi connectivity index (χ3n) is 13.2. The van der Waals surface area contributed by atoms with Gasteiger partial charge in [-0.15, -0.1) is 11.3 Å². The maximum atomic E-state index is 2.51. The van der Waals surface area contributed by atoms with Crippen molar-refractivity contribution < 1.29 is 0 Å². The molecule has 0 radical (unpaired) electrons. The summed E-state index contributed by atoms with van der Waals surface area (Å²) in [7, 11) is 0. The van der Waals surface area contributed by atoms with Crippen molar-refractivity contribution >= 4 is 77.1 Å². The van der Waals surface area contributed by atoms with E-state index in [1.54, 1.807) is 0 Å². The van der Waals surface area contributed by atoms with Crippen LogP contribution in [-0.2, 0) is 5.41 Å². The summed E-state index contributed by atoms with van der Waals surface area (Å²) >= 11 is 1.96. The fourth-order valence-corrected chi connectivity index (χ4v) is 12.0. The summed E-state index contributed by atoms with van der Waals surface area (Å²) in [6.45, 7) is 0. The number of rotatable bonds is 6. The number of para-hydroxylation sites is 2. The van der Waals surface area contributed by atoms with Crippen molar-refractivity contribution in [3.05, 3.63) is 252 Å². The summed E-state index contributed by atoms with van der Waals surface area (Å²) in [5.74, 6) is 0. The highest BCUT2D eigenvalue weighted by Gasteiger charge is 2.54. The molecule has 10 aromatic carbocycles. The Labute approximate surface area is 364 Å². The van der Waals surface area contributed by atoms with Crippen LogP contribution in [0.2, 0.25) is 0 Å². The quantitative estimate of drug-likeness (QED) is 0.165. The summed E-state index contributed by atoms with van der Waals surface area (Å²) in [4.78, 5) is 6.25. The molecule has 1 aromatic heterocycles. The van der Waals surface area contributed by atoms with Crippen molar-refractivity contribution in [1.29, 1.82) is 0 Å². The molecule has 2 nitrogen and oxygen atoms in total. The number of hydrogen-bond acceptors (Lipinski definition) is 3. The molecule has 0 saturated carbocycles. The Kier molecular flexibility index (Phi) is 7.72. The largest absolute Gasteiger partial charge is 0.310 e. The van der Waals surface area contributed by atoms with Gasteiger partial charge in [-0.1, -0.05) is 152 Å². The fraction of sp³-hybridized carbons (Fsp3) is 0.0169. The van der Waals surface area contributed by atoms with E-state index in [4.69, 9.17) is 0 Å². The standard InChI is InChI=1S/C59H38N2S/c1-3-19-43(20-4-1)60(45-29-27-39-15-7-9-17-41(39)35-45)47-31-33-50-49-23-11-13-25-53(49)59(54(50)37-47)55-38-48(32-34-51(55)57-52-24-12-14-26-56(52)62-58(57)59)61(44-21-5-2-6-22-44)46-30-28-40-16-8-10-18-42(40)36-46/h1-38H. The Morgan fingerprint density at radius 3 is 1.39 bits per heavy atom. The Morgan fingerprint density at radius 1 is 0.306 bits per heavy atom. The zero-order valence-electron chi connectivity index (χ0n) is 33.7. The van der Waals surface area contributed by atoms with Crippen LogP contribution in [0.1, 0.15) is 21.6 Å². The molecular weight excluding hydrogens is 769 g/mol. The van der Waals surface area contributed by atoms with Crippen molar-refractivity contribution in [3.63, 3.8) is 0 Å². The topological polar surface area (TPSA) is 6.48 Å². The normalized spacial score (nSPS) is 14.5. The monoisotopic (exact) mass is 806 g/mol. The molecule has 13 rings (SSSR count). The van der Waals surface area contributed by atoms with Gasteiger partial charge in [-0.3, -0.25) is 0 Å². The summed E-state index contributed by atoms with van der Waals surface area (Å²) in [5, 5.41) is 6.22. The first kappa shape index (κ1) is 35.1. The Morgan fingerprint density at radius 2 is 0.758 bits per heavy atom. The van der Waals surface area contributed by atoms with Crippen LogP contribution in [0.5, 0.6) is 0 Å². The number of fused-ring (bicyclic) bond motifs is 14. The first-order chi connectivity index (χ1) is 30.7. The lowest BCUT2D eigenvalue weighted by molar-refractivity contribution is 0.811. The summed E-state index contributed by atoms with van der Waals surface area (Å²) in [6.07, 6.45) is 0. The molecule has 2 aliphatic carbocycles. The molecule has 0 aliphatic heterocycles. The SMILES string of the molecule is c1ccc(N(c2ccc3c(c2)C2(c4ccccc4-3)c3cc(N(c4ccccc4)c4ccc5ccccc5c4)ccc3-c3c2sc2ccccc32)c2ccc3ccccc3c2)cc1. The maximum absolute atomic E-state index is 2.51. The van der Waals surface area contributed by atoms with E-state index in [9.17, 15) is 0 Å². The highest BCUT2D eigenvalue weighted by atomic mass is 32.1. The predicted octanol–water partition coefficient (Wildman–Crippen LogP) is 16.5. The molecule has 0 N–H and O–H groups in total. The highest BCUT2D eigenvalue weighted by Crippen LogP contribution is 2.67. The summed E-state index contributed by atoms with van der Waals surface area (Å²) in [5.41, 5.74) is 15.4. The van der Waals surface area contributed by atoms with Crippen LogP contribution in [0, 0.1) is 0 Å². The summed E-state index contributed by atoms with van der Waals surface area (Å²) in [6, 6.07) is 85.2. The van der Waals surface area contributed by atoms with Crippen LogP contribution in [0.3, 0.4) is 0 Å². The van der Waals surface area contributed by atoms with Crippen LogP contribution in [0.15, 0.2) is 231 Å². The van der Waals surface area contributed by atoms with Crippen molar-refractivity contribution in [3.8, 4) is 22.3 Å². The van der Waals surface area contributed by atoms with Gasteiger partial charge in [0.25, 0.3) is 0 Å². The molecule has 0 bridgehead atoms. The second kappa shape index (κ2) is 13.7. The van der Waals surface area contributed by atoms with Gasteiger partial charge in [0.1, 0.15) is 0 Å². The highest BCUT2D eigenvalue weighted by molar-refractivity contribution is 7.20. The predicted molar refractivity (Wildman–Crippen MR) is 263 cm³/mol. The van der Waals surface area contributed by atoms with Crippen molar-refractivity contribution in [2.45, 2.75) is 5.41 Å². The number of hydrogen-bond donors (Lipinski definition) is 0. The lowest BCUT2D eigenvalue weighted by Gasteiger charge is -2.33. The fourth-order valence-electron chi connectivity index (χ4n) is 10.5. The van der Waals surface area contributed by atoms with Crippen molar-refractivity contribution in [2.24, 2.45) is 0 Å². The Balaban J connectivity index is 1.09. The average molecular weight is 807 g/mol. The van der Waals surface area contributed by atoms with Crippen molar-refractivity contribution in [1.82, 2.24) is 0 Å². The second-order valence-corrected chi connectivity index (χ2v) is 17.5. The minimum absolute atomic E-state index is 0.552. The van der Waals surface area contributed by atoms with E-state index in [1.807, 2.05) is 11.3 Å². The van der Waals surface area contributed by atoms with E-state index in [0.717, 1.165) is 34.1 Å². The van der Waals surface area contributed by atoms with Crippen LogP contribution in [0.25, 0.3) is 53.9 Å². The lowest BCUT2D eigenvalue weighted by Crippen LogP contribution is -2.25. The minimum Gasteiger partial charge on any atom is -0.310 e. The number of benzene rings is 10. The molecule has 11 aromatic rings. The van der Waals surface area contributed by atoms with E-state index in [2.05, 4.69) is 240 Å². The van der Waals surface area contributed by atoms with Crippen LogP contribution in [0.4, 0.5) is 34.1 Å². The van der Waals surface area contributed by atoms with E-state index in [-0.39, 0.29) is 0 Å². The van der Waals surface area contributed by atoms with Gasteiger partial charge in [-0.05, 0) is 134 Å². The van der Waals surface area contributed by atoms with Crippen LogP contribution in [-0.4, -0.2) is 0 Å². The van der Waals surface area contributed by atoms with Gasteiger partial charge >= 0.3 is 0 Å². The minimum atomic E-state index is -0.552. The number of anilines is 6. The molecule has 0 saturated heterocycles. The van der Waals surface area contributed by atoms with Gasteiger partial charge in [0, 0.05) is 54.7 Å². The molecular formula is C59H38N2S. The van der Waals surface area contributed by atoms with Gasteiger partial charge in [0.05, 0.1) is 5.41 Å². The molecule has 2 aliphatic rings. The molecule has 0 amide bonds. The average Bonchev–Trinajstić information content (AvgIpc) is 3.96. The molecule has 1 atom stereocenters. The van der Waals surface area contributed by atoms with E-state index in [0.29, 0.717) is 0 Å². The maximum Gasteiger partial charge on any atom is 0.0820 e. The second-order valence-electron chi connectivity index (χ2n) is 16.5. The van der Waals surface area contributed by atoms with Gasteiger partial charge < -0.3 is 9.80 Å². The lowest BCUT2D eigenvalue weighted by atomic mass is 9.73. The third-order valence-corrected chi connectivity index (χ3v) is 14.5. The molecule has 1 spiro atoms. The first-order valence-electron chi connectivity index (χ1n) is 21.3. The van der Waals surface area contributed by atoms with Gasteiger partial charge in [0.2, 0.25) is 0 Å². The summed E-state index contributed by atoms with van der Waals surface area (Å²) < 4.78 is 1.32. The number of nitrogens with zero attached hydrogens (tertiary/aromatic N) is 2. The Hall–Kier alpha value is -7.72. The molecule has 1 unspecified atom stereocenters.